The van der Waals surface area contributed by atoms with Crippen LogP contribution in [0, 0.1) is 0 Å². The van der Waals surface area contributed by atoms with Crippen LogP contribution in [0.2, 0.25) is 0 Å². The number of rotatable bonds is 14. The molecule has 0 aromatic rings. The van der Waals surface area contributed by atoms with Crippen LogP contribution in [0.25, 0.3) is 0 Å². The number of hydrogen-bond acceptors (Lipinski definition) is 2. The quantitative estimate of drug-likeness (QED) is 0.332. The predicted octanol–water partition coefficient (Wildman–Crippen LogP) is 5.67. The van der Waals surface area contributed by atoms with Gasteiger partial charge in [-0.3, -0.25) is 0 Å². The molecule has 0 bridgehead atoms. The van der Waals surface area contributed by atoms with Gasteiger partial charge in [-0.2, -0.15) is 0 Å². The van der Waals surface area contributed by atoms with Crippen molar-refractivity contribution in [3.05, 3.63) is 36.5 Å². The van der Waals surface area contributed by atoms with E-state index in [1.807, 2.05) is 0 Å². The zero-order chi connectivity index (χ0) is 16.3. The molecule has 3 heteroatoms. The molecule has 0 aromatic heterocycles. The fourth-order valence-corrected chi connectivity index (χ4v) is 2.00. The lowest BCUT2D eigenvalue weighted by Gasteiger charge is -1.99. The standard InChI is InChI=1S/C19H33NO2/c1-2-3-4-5-6-7-8-9-10-11-12-13-14-15-16-17-18-22-19(20)21/h6-7,9-10,12-13H,2-5,8,11,14-18H2,1H3,(H2,20,21). The monoisotopic (exact) mass is 307 g/mol. The first-order chi connectivity index (χ1) is 10.8. The molecule has 0 unspecified atom stereocenters. The second-order valence-electron chi connectivity index (χ2n) is 5.40. The smallest absolute Gasteiger partial charge is 0.404 e. The highest BCUT2D eigenvalue weighted by Crippen LogP contribution is 2.03. The molecular formula is C19H33NO2. The fourth-order valence-electron chi connectivity index (χ4n) is 2.00. The molecule has 0 rings (SSSR count). The molecule has 0 aliphatic rings. The third-order valence-corrected chi connectivity index (χ3v) is 3.28. The number of amides is 1. The van der Waals surface area contributed by atoms with Gasteiger partial charge >= 0.3 is 6.09 Å². The van der Waals surface area contributed by atoms with Gasteiger partial charge in [0.15, 0.2) is 0 Å². The van der Waals surface area contributed by atoms with Gasteiger partial charge in [0, 0.05) is 0 Å². The summed E-state index contributed by atoms with van der Waals surface area (Å²) in [7, 11) is 0. The van der Waals surface area contributed by atoms with Gasteiger partial charge in [0.05, 0.1) is 6.61 Å². The molecule has 0 saturated heterocycles. The van der Waals surface area contributed by atoms with E-state index in [0.717, 1.165) is 38.5 Å². The summed E-state index contributed by atoms with van der Waals surface area (Å²) in [5.74, 6) is 0. The first-order valence-corrected chi connectivity index (χ1v) is 8.64. The van der Waals surface area contributed by atoms with Crippen molar-refractivity contribution < 1.29 is 9.53 Å². The van der Waals surface area contributed by atoms with E-state index in [2.05, 4.69) is 48.1 Å². The Morgan fingerprint density at radius 1 is 0.818 bits per heavy atom. The fraction of sp³-hybridized carbons (Fsp3) is 0.632. The second kappa shape index (κ2) is 17.5. The Bertz CT molecular complexity index is 332. The summed E-state index contributed by atoms with van der Waals surface area (Å²) in [5.41, 5.74) is 4.88. The average Bonchev–Trinajstić information content (AvgIpc) is 2.50. The van der Waals surface area contributed by atoms with E-state index in [1.54, 1.807) is 0 Å². The van der Waals surface area contributed by atoms with Gasteiger partial charge in [-0.05, 0) is 51.4 Å². The maximum absolute atomic E-state index is 10.3. The molecule has 0 radical (unpaired) electrons. The predicted molar refractivity (Wildman–Crippen MR) is 94.8 cm³/mol. The van der Waals surface area contributed by atoms with Crippen molar-refractivity contribution in [3.63, 3.8) is 0 Å². The van der Waals surface area contributed by atoms with Gasteiger partial charge in [-0.1, -0.05) is 56.2 Å². The Hall–Kier alpha value is -1.51. The Balaban J connectivity index is 3.29. The Morgan fingerprint density at radius 3 is 1.91 bits per heavy atom. The van der Waals surface area contributed by atoms with E-state index >= 15 is 0 Å². The van der Waals surface area contributed by atoms with Crippen LogP contribution in [0.15, 0.2) is 36.5 Å². The summed E-state index contributed by atoms with van der Waals surface area (Å²) < 4.78 is 4.67. The highest BCUT2D eigenvalue weighted by molar-refractivity contribution is 5.64. The molecule has 22 heavy (non-hydrogen) atoms. The van der Waals surface area contributed by atoms with Gasteiger partial charge in [-0.25, -0.2) is 4.79 Å². The molecule has 1 amide bonds. The van der Waals surface area contributed by atoms with Crippen molar-refractivity contribution in [2.45, 2.75) is 71.1 Å². The van der Waals surface area contributed by atoms with Crippen LogP contribution >= 0.6 is 0 Å². The molecule has 2 N–H and O–H groups in total. The van der Waals surface area contributed by atoms with Crippen molar-refractivity contribution in [2.24, 2.45) is 5.73 Å². The lowest BCUT2D eigenvalue weighted by Crippen LogP contribution is -2.13. The van der Waals surface area contributed by atoms with Gasteiger partial charge in [-0.15, -0.1) is 0 Å². The summed E-state index contributed by atoms with van der Waals surface area (Å²) >= 11 is 0. The maximum atomic E-state index is 10.3. The number of nitrogens with two attached hydrogens (primary N) is 1. The molecule has 0 atom stereocenters. The lowest BCUT2D eigenvalue weighted by atomic mass is 10.2. The number of carbonyl (C=O) groups is 1. The molecule has 0 spiro atoms. The molecule has 0 fully saturated rings. The van der Waals surface area contributed by atoms with E-state index in [1.165, 1.54) is 25.7 Å². The highest BCUT2D eigenvalue weighted by Gasteiger charge is 1.92. The first-order valence-electron chi connectivity index (χ1n) is 8.64. The molecule has 0 aromatic carbocycles. The Morgan fingerprint density at radius 2 is 1.36 bits per heavy atom. The minimum atomic E-state index is -0.678. The minimum Gasteiger partial charge on any atom is -0.450 e. The van der Waals surface area contributed by atoms with Gasteiger partial charge < -0.3 is 10.5 Å². The van der Waals surface area contributed by atoms with Crippen molar-refractivity contribution >= 4 is 6.09 Å². The maximum Gasteiger partial charge on any atom is 0.404 e. The molecule has 0 aliphatic carbocycles. The number of carbonyl (C=O) groups excluding carboxylic acids is 1. The SMILES string of the molecule is CCCCCC=CCC=CCC=CCCCCCOC(N)=O. The minimum absolute atomic E-state index is 0.438. The Labute approximate surface area is 136 Å². The summed E-state index contributed by atoms with van der Waals surface area (Å²) in [6, 6.07) is 0. The van der Waals surface area contributed by atoms with Crippen LogP contribution in [0.4, 0.5) is 4.79 Å². The van der Waals surface area contributed by atoms with Gasteiger partial charge in [0.1, 0.15) is 0 Å². The molecule has 3 nitrogen and oxygen atoms in total. The Kier molecular flexibility index (Phi) is 16.3. The van der Waals surface area contributed by atoms with E-state index in [9.17, 15) is 4.79 Å². The zero-order valence-corrected chi connectivity index (χ0v) is 14.1. The van der Waals surface area contributed by atoms with E-state index in [0.29, 0.717) is 6.61 Å². The van der Waals surface area contributed by atoms with Crippen molar-refractivity contribution in [1.82, 2.24) is 0 Å². The van der Waals surface area contributed by atoms with Gasteiger partial charge in [0.25, 0.3) is 0 Å². The largest absolute Gasteiger partial charge is 0.450 e. The first kappa shape index (κ1) is 20.5. The number of allylic oxidation sites excluding steroid dienone is 6. The topological polar surface area (TPSA) is 52.3 Å². The molecule has 126 valence electrons. The van der Waals surface area contributed by atoms with Gasteiger partial charge in [0.2, 0.25) is 0 Å². The van der Waals surface area contributed by atoms with Crippen LogP contribution in [-0.2, 0) is 4.74 Å². The highest BCUT2D eigenvalue weighted by atomic mass is 16.5. The lowest BCUT2D eigenvalue weighted by molar-refractivity contribution is 0.154. The molecule has 0 heterocycles. The van der Waals surface area contributed by atoms with E-state index in [4.69, 9.17) is 5.73 Å². The second-order valence-corrected chi connectivity index (χ2v) is 5.40. The normalized spacial score (nSPS) is 11.9. The van der Waals surface area contributed by atoms with E-state index in [-0.39, 0.29) is 0 Å². The zero-order valence-electron chi connectivity index (χ0n) is 14.1. The van der Waals surface area contributed by atoms with Crippen molar-refractivity contribution in [2.75, 3.05) is 6.61 Å². The van der Waals surface area contributed by atoms with Crippen molar-refractivity contribution in [1.29, 1.82) is 0 Å². The number of ether oxygens (including phenoxy) is 1. The van der Waals surface area contributed by atoms with Crippen LogP contribution in [-0.4, -0.2) is 12.7 Å². The average molecular weight is 307 g/mol. The summed E-state index contributed by atoms with van der Waals surface area (Å²) in [6.45, 7) is 2.67. The summed E-state index contributed by atoms with van der Waals surface area (Å²) in [5, 5.41) is 0. The number of unbranched alkanes of at least 4 members (excludes halogenated alkanes) is 6. The van der Waals surface area contributed by atoms with Crippen molar-refractivity contribution in [3.8, 4) is 0 Å². The van der Waals surface area contributed by atoms with Crippen LogP contribution in [0.5, 0.6) is 0 Å². The number of hydrogen-bond donors (Lipinski definition) is 1. The van der Waals surface area contributed by atoms with Crippen LogP contribution < -0.4 is 5.73 Å². The molecule has 0 aliphatic heterocycles. The number of primary amides is 1. The molecule has 0 saturated carbocycles. The summed E-state index contributed by atoms with van der Waals surface area (Å²) in [6.07, 6.45) is 24.1. The van der Waals surface area contributed by atoms with Crippen LogP contribution in [0.3, 0.4) is 0 Å². The third-order valence-electron chi connectivity index (χ3n) is 3.28. The molecular weight excluding hydrogens is 274 g/mol. The van der Waals surface area contributed by atoms with Crippen LogP contribution in [0.1, 0.15) is 71.1 Å². The summed E-state index contributed by atoms with van der Waals surface area (Å²) in [4.78, 5) is 10.3. The third kappa shape index (κ3) is 18.5. The van der Waals surface area contributed by atoms with E-state index < -0.39 is 6.09 Å².